The first-order valence-electron chi connectivity index (χ1n) is 5.72. The highest BCUT2D eigenvalue weighted by Crippen LogP contribution is 2.16. The van der Waals surface area contributed by atoms with Crippen molar-refractivity contribution >= 4 is 21.4 Å². The summed E-state index contributed by atoms with van der Waals surface area (Å²) in [6.45, 7) is 1.82. The molecule has 19 heavy (non-hydrogen) atoms. The maximum absolute atomic E-state index is 12.0. The minimum Gasteiger partial charge on any atom is -0.399 e. The minimum absolute atomic E-state index is 0.0956. The summed E-state index contributed by atoms with van der Waals surface area (Å²) in [4.78, 5) is 3.90. The van der Waals surface area contributed by atoms with Crippen molar-refractivity contribution in [2.75, 3.05) is 10.5 Å². The zero-order chi connectivity index (χ0) is 13.9. The molecule has 0 spiro atoms. The van der Waals surface area contributed by atoms with Gasteiger partial charge in [-0.25, -0.2) is 8.42 Å². The van der Waals surface area contributed by atoms with Crippen molar-refractivity contribution in [1.29, 1.82) is 0 Å². The summed E-state index contributed by atoms with van der Waals surface area (Å²) < 4.78 is 26.6. The van der Waals surface area contributed by atoms with E-state index < -0.39 is 10.0 Å². The van der Waals surface area contributed by atoms with Gasteiger partial charge in [0.05, 0.1) is 17.6 Å². The smallest absolute Gasteiger partial charge is 0.236 e. The van der Waals surface area contributed by atoms with Crippen LogP contribution in [0.3, 0.4) is 0 Å². The Morgan fingerprint density at radius 3 is 2.53 bits per heavy atom. The lowest BCUT2D eigenvalue weighted by atomic mass is 10.2. The Labute approximate surface area is 112 Å². The lowest BCUT2D eigenvalue weighted by Gasteiger charge is -2.10. The van der Waals surface area contributed by atoms with Crippen LogP contribution in [-0.4, -0.2) is 13.4 Å². The Hall–Kier alpha value is -2.08. The molecule has 0 bridgehead atoms. The van der Waals surface area contributed by atoms with Crippen LogP contribution in [0.4, 0.5) is 11.4 Å². The van der Waals surface area contributed by atoms with Gasteiger partial charge in [-0.15, -0.1) is 0 Å². The molecule has 3 N–H and O–H groups in total. The number of anilines is 2. The Kier molecular flexibility index (Phi) is 3.71. The van der Waals surface area contributed by atoms with Crippen LogP contribution >= 0.6 is 0 Å². The van der Waals surface area contributed by atoms with Gasteiger partial charge in [0, 0.05) is 11.9 Å². The standard InChI is InChI=1S/C13H15N3O2S/c1-10-6-7-15-8-13(10)16-19(17,18)9-11-2-4-12(14)5-3-11/h2-8,16H,9,14H2,1H3. The summed E-state index contributed by atoms with van der Waals surface area (Å²) in [5.41, 5.74) is 8.18. The van der Waals surface area contributed by atoms with Gasteiger partial charge in [0.25, 0.3) is 0 Å². The van der Waals surface area contributed by atoms with Gasteiger partial charge in [0.15, 0.2) is 0 Å². The molecule has 0 atom stereocenters. The van der Waals surface area contributed by atoms with E-state index in [1.807, 2.05) is 6.92 Å². The lowest BCUT2D eigenvalue weighted by molar-refractivity contribution is 0.600. The van der Waals surface area contributed by atoms with Gasteiger partial charge in [-0.05, 0) is 36.2 Å². The van der Waals surface area contributed by atoms with E-state index in [0.717, 1.165) is 5.56 Å². The number of benzene rings is 1. The molecule has 0 fully saturated rings. The number of aryl methyl sites for hydroxylation is 1. The largest absolute Gasteiger partial charge is 0.399 e. The van der Waals surface area contributed by atoms with E-state index in [1.165, 1.54) is 6.20 Å². The highest BCUT2D eigenvalue weighted by molar-refractivity contribution is 7.91. The fourth-order valence-electron chi connectivity index (χ4n) is 1.61. The molecule has 5 nitrogen and oxygen atoms in total. The number of pyridine rings is 1. The molecule has 100 valence electrons. The van der Waals surface area contributed by atoms with Crippen molar-refractivity contribution in [1.82, 2.24) is 4.98 Å². The van der Waals surface area contributed by atoms with E-state index in [0.29, 0.717) is 16.9 Å². The number of sulfonamides is 1. The fourth-order valence-corrected chi connectivity index (χ4v) is 2.86. The SMILES string of the molecule is Cc1ccncc1NS(=O)(=O)Cc1ccc(N)cc1. The first-order chi connectivity index (χ1) is 8.96. The summed E-state index contributed by atoms with van der Waals surface area (Å²) in [6.07, 6.45) is 3.11. The third-order valence-corrected chi connectivity index (χ3v) is 3.89. The highest BCUT2D eigenvalue weighted by Gasteiger charge is 2.12. The topological polar surface area (TPSA) is 85.1 Å². The quantitative estimate of drug-likeness (QED) is 0.836. The molecule has 0 aliphatic rings. The number of nitrogen functional groups attached to an aromatic ring is 1. The second kappa shape index (κ2) is 5.27. The molecular formula is C13H15N3O2S. The van der Waals surface area contributed by atoms with E-state index >= 15 is 0 Å². The van der Waals surface area contributed by atoms with Gasteiger partial charge in [0.2, 0.25) is 10.0 Å². The molecule has 0 aliphatic carbocycles. The Bertz CT molecular complexity index is 667. The van der Waals surface area contributed by atoms with Crippen LogP contribution in [-0.2, 0) is 15.8 Å². The number of aromatic nitrogens is 1. The zero-order valence-electron chi connectivity index (χ0n) is 10.5. The van der Waals surface area contributed by atoms with Crippen LogP contribution in [0.25, 0.3) is 0 Å². The highest BCUT2D eigenvalue weighted by atomic mass is 32.2. The van der Waals surface area contributed by atoms with E-state index in [-0.39, 0.29) is 5.75 Å². The third kappa shape index (κ3) is 3.69. The second-order valence-corrected chi connectivity index (χ2v) is 6.02. The van der Waals surface area contributed by atoms with Gasteiger partial charge >= 0.3 is 0 Å². The van der Waals surface area contributed by atoms with Crippen LogP contribution < -0.4 is 10.5 Å². The minimum atomic E-state index is -3.45. The van der Waals surface area contributed by atoms with Crippen molar-refractivity contribution in [3.05, 3.63) is 53.9 Å². The van der Waals surface area contributed by atoms with Crippen LogP contribution in [0.1, 0.15) is 11.1 Å². The summed E-state index contributed by atoms with van der Waals surface area (Å²) >= 11 is 0. The van der Waals surface area contributed by atoms with E-state index in [2.05, 4.69) is 9.71 Å². The van der Waals surface area contributed by atoms with Crippen molar-refractivity contribution in [2.24, 2.45) is 0 Å². The molecule has 0 unspecified atom stereocenters. The molecule has 1 aromatic heterocycles. The second-order valence-electron chi connectivity index (χ2n) is 4.29. The molecule has 2 rings (SSSR count). The van der Waals surface area contributed by atoms with Gasteiger partial charge in [-0.3, -0.25) is 9.71 Å². The first-order valence-corrected chi connectivity index (χ1v) is 7.37. The molecule has 0 aliphatic heterocycles. The average Bonchev–Trinajstić information content (AvgIpc) is 2.35. The van der Waals surface area contributed by atoms with Crippen molar-refractivity contribution in [3.8, 4) is 0 Å². The van der Waals surface area contributed by atoms with Crippen LogP contribution in [0.15, 0.2) is 42.7 Å². The number of hydrogen-bond donors (Lipinski definition) is 2. The summed E-state index contributed by atoms with van der Waals surface area (Å²) in [6, 6.07) is 8.51. The van der Waals surface area contributed by atoms with Crippen molar-refractivity contribution in [2.45, 2.75) is 12.7 Å². The van der Waals surface area contributed by atoms with E-state index in [4.69, 9.17) is 5.73 Å². The Morgan fingerprint density at radius 1 is 1.21 bits per heavy atom. The number of nitrogens with zero attached hydrogens (tertiary/aromatic N) is 1. The molecule has 0 saturated carbocycles. The monoisotopic (exact) mass is 277 g/mol. The third-order valence-electron chi connectivity index (χ3n) is 2.64. The average molecular weight is 277 g/mol. The molecule has 0 radical (unpaired) electrons. The van der Waals surface area contributed by atoms with E-state index in [9.17, 15) is 8.42 Å². The van der Waals surface area contributed by atoms with Gasteiger partial charge < -0.3 is 5.73 Å². The molecule has 2 aromatic rings. The zero-order valence-corrected chi connectivity index (χ0v) is 11.3. The fraction of sp³-hybridized carbons (Fsp3) is 0.154. The maximum atomic E-state index is 12.0. The van der Waals surface area contributed by atoms with E-state index in [1.54, 1.807) is 36.5 Å². The van der Waals surface area contributed by atoms with Crippen LogP contribution in [0, 0.1) is 6.92 Å². The Morgan fingerprint density at radius 2 is 1.89 bits per heavy atom. The predicted molar refractivity (Wildman–Crippen MR) is 76.1 cm³/mol. The van der Waals surface area contributed by atoms with Gasteiger partial charge in [-0.2, -0.15) is 0 Å². The molecule has 6 heteroatoms. The summed E-state index contributed by atoms with van der Waals surface area (Å²) in [5, 5.41) is 0. The van der Waals surface area contributed by atoms with Crippen molar-refractivity contribution in [3.63, 3.8) is 0 Å². The Balaban J connectivity index is 2.15. The van der Waals surface area contributed by atoms with Gasteiger partial charge in [0.1, 0.15) is 0 Å². The first kappa shape index (κ1) is 13.4. The molecule has 1 aromatic carbocycles. The molecular weight excluding hydrogens is 262 g/mol. The number of rotatable bonds is 4. The number of nitrogens with two attached hydrogens (primary N) is 1. The lowest BCUT2D eigenvalue weighted by Crippen LogP contribution is -2.16. The van der Waals surface area contributed by atoms with Crippen LogP contribution in [0.5, 0.6) is 0 Å². The molecule has 1 heterocycles. The predicted octanol–water partition coefficient (Wildman–Crippen LogP) is 1.91. The van der Waals surface area contributed by atoms with Crippen LogP contribution in [0.2, 0.25) is 0 Å². The summed E-state index contributed by atoms with van der Waals surface area (Å²) in [7, 11) is -3.45. The number of hydrogen-bond acceptors (Lipinski definition) is 4. The normalized spacial score (nSPS) is 11.2. The van der Waals surface area contributed by atoms with Crippen molar-refractivity contribution < 1.29 is 8.42 Å². The molecule has 0 saturated heterocycles. The molecule has 0 amide bonds. The van der Waals surface area contributed by atoms with Gasteiger partial charge in [-0.1, -0.05) is 12.1 Å². The summed E-state index contributed by atoms with van der Waals surface area (Å²) in [5.74, 6) is -0.0956. The number of nitrogens with one attached hydrogen (secondary N) is 1. The maximum Gasteiger partial charge on any atom is 0.236 e.